The molecular formula is C20H20F2N2O2. The molecule has 2 N–H and O–H groups in total. The third-order valence-electron chi connectivity index (χ3n) is 4.59. The highest BCUT2D eigenvalue weighted by atomic mass is 19.1. The standard InChI is InChI=1S/C20H20F2N2O2/c1-13(20(26)23-19-12-16(21)4-7-18(19)22)24-10-8-15(9-11-24)14-2-5-17(25)6-3-14/h2-8,12-13,25H,9-11H2,1H3,(H,23,26). The number of phenols is 1. The van der Waals surface area contributed by atoms with Crippen LogP contribution in [-0.2, 0) is 4.79 Å². The van der Waals surface area contributed by atoms with Crippen LogP contribution in [0.3, 0.4) is 0 Å². The van der Waals surface area contributed by atoms with Crippen molar-refractivity contribution in [3.8, 4) is 5.75 Å². The molecule has 0 radical (unpaired) electrons. The maximum atomic E-state index is 13.7. The Morgan fingerprint density at radius 2 is 1.92 bits per heavy atom. The molecule has 0 fully saturated rings. The van der Waals surface area contributed by atoms with Crippen molar-refractivity contribution in [1.29, 1.82) is 0 Å². The zero-order valence-corrected chi connectivity index (χ0v) is 14.4. The lowest BCUT2D eigenvalue weighted by molar-refractivity contribution is -0.120. The Labute approximate surface area is 150 Å². The summed E-state index contributed by atoms with van der Waals surface area (Å²) in [5, 5.41) is 11.8. The van der Waals surface area contributed by atoms with Crippen molar-refractivity contribution >= 4 is 17.2 Å². The van der Waals surface area contributed by atoms with E-state index >= 15 is 0 Å². The Bertz CT molecular complexity index is 834. The smallest absolute Gasteiger partial charge is 0.241 e. The quantitative estimate of drug-likeness (QED) is 0.874. The molecule has 1 atom stereocenters. The van der Waals surface area contributed by atoms with E-state index in [1.807, 2.05) is 23.1 Å². The Morgan fingerprint density at radius 3 is 2.58 bits per heavy atom. The highest BCUT2D eigenvalue weighted by Gasteiger charge is 2.24. The largest absolute Gasteiger partial charge is 0.508 e. The molecule has 2 aromatic rings. The lowest BCUT2D eigenvalue weighted by Crippen LogP contribution is -2.44. The van der Waals surface area contributed by atoms with Crippen molar-refractivity contribution < 1.29 is 18.7 Å². The second-order valence-electron chi connectivity index (χ2n) is 6.31. The van der Waals surface area contributed by atoms with Crippen molar-refractivity contribution in [1.82, 2.24) is 4.90 Å². The molecule has 26 heavy (non-hydrogen) atoms. The molecule has 0 saturated heterocycles. The first kappa shape index (κ1) is 18.1. The monoisotopic (exact) mass is 358 g/mol. The number of nitrogens with one attached hydrogen (secondary N) is 1. The zero-order valence-electron chi connectivity index (χ0n) is 14.4. The molecule has 0 spiro atoms. The van der Waals surface area contributed by atoms with E-state index in [0.717, 1.165) is 35.8 Å². The molecule has 0 aromatic heterocycles. The van der Waals surface area contributed by atoms with E-state index < -0.39 is 17.7 Å². The molecule has 1 aliphatic rings. The van der Waals surface area contributed by atoms with Crippen molar-refractivity contribution in [3.63, 3.8) is 0 Å². The van der Waals surface area contributed by atoms with Gasteiger partial charge in [0.2, 0.25) is 5.91 Å². The number of carbonyl (C=O) groups excluding carboxylic acids is 1. The Kier molecular flexibility index (Phi) is 5.32. The van der Waals surface area contributed by atoms with Gasteiger partial charge in [-0.1, -0.05) is 18.2 Å². The topological polar surface area (TPSA) is 52.6 Å². The summed E-state index contributed by atoms with van der Waals surface area (Å²) in [4.78, 5) is 14.3. The Balaban J connectivity index is 1.64. The molecule has 6 heteroatoms. The number of aromatic hydroxyl groups is 1. The van der Waals surface area contributed by atoms with Crippen LogP contribution in [0.25, 0.3) is 5.57 Å². The minimum atomic E-state index is -0.667. The van der Waals surface area contributed by atoms with Gasteiger partial charge in [0.05, 0.1) is 11.7 Å². The summed E-state index contributed by atoms with van der Waals surface area (Å²) in [6.45, 7) is 3.00. The summed E-state index contributed by atoms with van der Waals surface area (Å²) in [6, 6.07) is 9.50. The van der Waals surface area contributed by atoms with Crippen molar-refractivity contribution in [2.24, 2.45) is 0 Å². The van der Waals surface area contributed by atoms with Gasteiger partial charge in [0.25, 0.3) is 0 Å². The predicted octanol–water partition coefficient (Wildman–Crippen LogP) is 3.79. The molecule has 3 rings (SSSR count). The van der Waals surface area contributed by atoms with E-state index in [-0.39, 0.29) is 17.3 Å². The van der Waals surface area contributed by atoms with Crippen LogP contribution in [0, 0.1) is 11.6 Å². The summed E-state index contributed by atoms with van der Waals surface area (Å²) in [5.74, 6) is -1.42. The second-order valence-corrected chi connectivity index (χ2v) is 6.31. The molecule has 1 heterocycles. The number of halogens is 2. The van der Waals surface area contributed by atoms with Crippen molar-refractivity contribution in [2.75, 3.05) is 18.4 Å². The summed E-state index contributed by atoms with van der Waals surface area (Å²) < 4.78 is 26.9. The number of hydrogen-bond acceptors (Lipinski definition) is 3. The van der Waals surface area contributed by atoms with E-state index in [1.165, 1.54) is 0 Å². The minimum Gasteiger partial charge on any atom is -0.508 e. The molecule has 0 saturated carbocycles. The van der Waals surface area contributed by atoms with Crippen LogP contribution < -0.4 is 5.32 Å². The van der Waals surface area contributed by atoms with E-state index in [1.54, 1.807) is 19.1 Å². The molecule has 136 valence electrons. The lowest BCUT2D eigenvalue weighted by Gasteiger charge is -2.31. The normalized spacial score (nSPS) is 16.0. The maximum Gasteiger partial charge on any atom is 0.241 e. The van der Waals surface area contributed by atoms with E-state index in [0.29, 0.717) is 13.1 Å². The fourth-order valence-electron chi connectivity index (χ4n) is 2.97. The summed E-state index contributed by atoms with van der Waals surface area (Å²) >= 11 is 0. The number of phenolic OH excluding ortho intramolecular Hbond substituents is 1. The van der Waals surface area contributed by atoms with Gasteiger partial charge < -0.3 is 10.4 Å². The lowest BCUT2D eigenvalue weighted by atomic mass is 9.98. The van der Waals surface area contributed by atoms with Gasteiger partial charge in [0.15, 0.2) is 0 Å². The zero-order chi connectivity index (χ0) is 18.7. The average Bonchev–Trinajstić information content (AvgIpc) is 2.65. The molecular weight excluding hydrogens is 338 g/mol. The van der Waals surface area contributed by atoms with E-state index in [4.69, 9.17) is 0 Å². The van der Waals surface area contributed by atoms with Gasteiger partial charge in [0, 0.05) is 19.2 Å². The highest BCUT2D eigenvalue weighted by Crippen LogP contribution is 2.25. The van der Waals surface area contributed by atoms with Gasteiger partial charge in [-0.25, -0.2) is 8.78 Å². The van der Waals surface area contributed by atoms with Crippen molar-refractivity contribution in [3.05, 3.63) is 65.7 Å². The van der Waals surface area contributed by atoms with Crippen LogP contribution in [0.15, 0.2) is 48.5 Å². The van der Waals surface area contributed by atoms with Gasteiger partial charge in [-0.2, -0.15) is 0 Å². The number of benzene rings is 2. The van der Waals surface area contributed by atoms with Crippen LogP contribution in [0.4, 0.5) is 14.5 Å². The molecule has 1 unspecified atom stereocenters. The number of hydrogen-bond donors (Lipinski definition) is 2. The molecule has 1 aliphatic heterocycles. The first-order chi connectivity index (χ1) is 12.4. The van der Waals surface area contributed by atoms with Crippen LogP contribution in [-0.4, -0.2) is 35.0 Å². The average molecular weight is 358 g/mol. The van der Waals surface area contributed by atoms with Crippen LogP contribution in [0.1, 0.15) is 18.9 Å². The first-order valence-corrected chi connectivity index (χ1v) is 8.42. The molecule has 4 nitrogen and oxygen atoms in total. The van der Waals surface area contributed by atoms with Gasteiger partial charge in [0.1, 0.15) is 17.4 Å². The third-order valence-corrected chi connectivity index (χ3v) is 4.59. The minimum absolute atomic E-state index is 0.154. The van der Waals surface area contributed by atoms with Gasteiger partial charge in [-0.15, -0.1) is 0 Å². The third kappa shape index (κ3) is 4.08. The number of anilines is 1. The number of carbonyl (C=O) groups is 1. The fraction of sp³-hybridized carbons (Fsp3) is 0.250. The van der Waals surface area contributed by atoms with E-state index in [2.05, 4.69) is 5.32 Å². The van der Waals surface area contributed by atoms with Gasteiger partial charge in [-0.05, 0) is 48.7 Å². The Morgan fingerprint density at radius 1 is 1.19 bits per heavy atom. The maximum absolute atomic E-state index is 13.7. The van der Waals surface area contributed by atoms with Gasteiger partial charge >= 0.3 is 0 Å². The van der Waals surface area contributed by atoms with Crippen LogP contribution in [0.2, 0.25) is 0 Å². The highest BCUT2D eigenvalue weighted by molar-refractivity contribution is 5.94. The molecule has 0 aliphatic carbocycles. The summed E-state index contributed by atoms with van der Waals surface area (Å²) in [6.07, 6.45) is 2.80. The number of nitrogens with zero attached hydrogens (tertiary/aromatic N) is 1. The SMILES string of the molecule is CC(C(=O)Nc1cc(F)ccc1F)N1CC=C(c2ccc(O)cc2)CC1. The van der Waals surface area contributed by atoms with E-state index in [9.17, 15) is 18.7 Å². The Hall–Kier alpha value is -2.73. The van der Waals surface area contributed by atoms with Crippen molar-refractivity contribution in [2.45, 2.75) is 19.4 Å². The predicted molar refractivity (Wildman–Crippen MR) is 96.7 cm³/mol. The summed E-state index contributed by atoms with van der Waals surface area (Å²) in [7, 11) is 0. The van der Waals surface area contributed by atoms with Gasteiger partial charge in [-0.3, -0.25) is 9.69 Å². The van der Waals surface area contributed by atoms with Crippen LogP contribution >= 0.6 is 0 Å². The molecule has 0 bridgehead atoms. The number of rotatable bonds is 4. The summed E-state index contributed by atoms with van der Waals surface area (Å²) in [5.41, 5.74) is 2.05. The van der Waals surface area contributed by atoms with Crippen LogP contribution in [0.5, 0.6) is 5.75 Å². The second kappa shape index (κ2) is 7.66. The number of amides is 1. The first-order valence-electron chi connectivity index (χ1n) is 8.42. The molecule has 2 aromatic carbocycles. The fourth-order valence-corrected chi connectivity index (χ4v) is 2.97. The molecule has 1 amide bonds.